The van der Waals surface area contributed by atoms with E-state index in [0.717, 1.165) is 5.57 Å². The van der Waals surface area contributed by atoms with Crippen LogP contribution in [0.25, 0.3) is 0 Å². The third-order valence-electron chi connectivity index (χ3n) is 2.22. The third kappa shape index (κ3) is 6.42. The van der Waals surface area contributed by atoms with Crippen LogP contribution >= 0.6 is 11.6 Å². The summed E-state index contributed by atoms with van der Waals surface area (Å²) in [7, 11) is 1.29. The third-order valence-corrected chi connectivity index (χ3v) is 2.33. The molecule has 0 radical (unpaired) electrons. The van der Waals surface area contributed by atoms with Gasteiger partial charge in [-0.3, -0.25) is 9.59 Å². The van der Waals surface area contributed by atoms with Gasteiger partial charge in [-0.15, -0.1) is 0 Å². The molecule has 0 aromatic carbocycles. The SMILES string of the molecule is C/C=C(\C=C(/C)Cl)[C@H](CC(=O)OC)NC(=O)CN. The maximum absolute atomic E-state index is 11.3. The summed E-state index contributed by atoms with van der Waals surface area (Å²) in [6.45, 7) is 3.37. The number of hydrogen-bond acceptors (Lipinski definition) is 4. The molecule has 0 aliphatic heterocycles. The van der Waals surface area contributed by atoms with E-state index in [1.807, 2.05) is 0 Å². The van der Waals surface area contributed by atoms with E-state index in [-0.39, 0.29) is 18.9 Å². The molecule has 0 fully saturated rings. The van der Waals surface area contributed by atoms with E-state index in [1.54, 1.807) is 26.0 Å². The Kier molecular flexibility index (Phi) is 8.07. The molecule has 0 spiro atoms. The monoisotopic (exact) mass is 274 g/mol. The zero-order chi connectivity index (χ0) is 14.1. The minimum atomic E-state index is -0.493. The van der Waals surface area contributed by atoms with E-state index < -0.39 is 12.0 Å². The van der Waals surface area contributed by atoms with Crippen molar-refractivity contribution in [2.75, 3.05) is 13.7 Å². The lowest BCUT2D eigenvalue weighted by Crippen LogP contribution is -2.41. The van der Waals surface area contributed by atoms with Crippen molar-refractivity contribution >= 4 is 23.5 Å². The second-order valence-corrected chi connectivity index (χ2v) is 4.22. The Labute approximate surface area is 112 Å². The van der Waals surface area contributed by atoms with Crippen LogP contribution in [0.1, 0.15) is 20.3 Å². The minimum Gasteiger partial charge on any atom is -0.469 e. The van der Waals surface area contributed by atoms with E-state index in [9.17, 15) is 9.59 Å². The summed E-state index contributed by atoms with van der Waals surface area (Å²) in [5.41, 5.74) is 5.97. The molecular formula is C12H19ClN2O3. The fourth-order valence-corrected chi connectivity index (χ4v) is 1.50. The fraction of sp³-hybridized carbons (Fsp3) is 0.500. The van der Waals surface area contributed by atoms with E-state index in [1.165, 1.54) is 7.11 Å². The summed E-state index contributed by atoms with van der Waals surface area (Å²) in [6, 6.07) is -0.493. The van der Waals surface area contributed by atoms with Crippen molar-refractivity contribution in [3.63, 3.8) is 0 Å². The number of allylic oxidation sites excluding steroid dienone is 2. The Morgan fingerprint density at radius 1 is 1.50 bits per heavy atom. The Morgan fingerprint density at radius 2 is 2.11 bits per heavy atom. The zero-order valence-corrected chi connectivity index (χ0v) is 11.6. The van der Waals surface area contributed by atoms with E-state index in [4.69, 9.17) is 17.3 Å². The highest BCUT2D eigenvalue weighted by Gasteiger charge is 2.19. The number of esters is 1. The van der Waals surface area contributed by atoms with Crippen LogP contribution in [-0.4, -0.2) is 31.6 Å². The average molecular weight is 275 g/mol. The van der Waals surface area contributed by atoms with Crippen LogP contribution in [0.4, 0.5) is 0 Å². The predicted molar refractivity (Wildman–Crippen MR) is 71.0 cm³/mol. The molecule has 0 aromatic rings. The van der Waals surface area contributed by atoms with E-state index in [0.29, 0.717) is 5.03 Å². The molecule has 0 rings (SSSR count). The first-order chi connectivity index (χ1) is 8.44. The molecule has 0 aliphatic rings. The Balaban J connectivity index is 4.99. The molecule has 1 amide bonds. The van der Waals surface area contributed by atoms with Gasteiger partial charge in [-0.05, 0) is 25.5 Å². The van der Waals surface area contributed by atoms with Crippen LogP contribution in [-0.2, 0) is 14.3 Å². The molecule has 5 nitrogen and oxygen atoms in total. The first kappa shape index (κ1) is 16.7. The number of nitrogens with two attached hydrogens (primary N) is 1. The van der Waals surface area contributed by atoms with Crippen LogP contribution in [0.15, 0.2) is 22.8 Å². The summed E-state index contributed by atoms with van der Waals surface area (Å²) in [5, 5.41) is 3.21. The smallest absolute Gasteiger partial charge is 0.307 e. The van der Waals surface area contributed by atoms with Gasteiger partial charge in [-0.2, -0.15) is 0 Å². The number of rotatable bonds is 6. The number of carbonyl (C=O) groups excluding carboxylic acids is 2. The topological polar surface area (TPSA) is 81.4 Å². The van der Waals surface area contributed by atoms with E-state index in [2.05, 4.69) is 10.1 Å². The molecule has 102 valence electrons. The van der Waals surface area contributed by atoms with Crippen LogP contribution in [0.2, 0.25) is 0 Å². The number of hydrogen-bond donors (Lipinski definition) is 2. The van der Waals surface area contributed by atoms with Gasteiger partial charge < -0.3 is 15.8 Å². The highest BCUT2D eigenvalue weighted by molar-refractivity contribution is 6.29. The van der Waals surface area contributed by atoms with E-state index >= 15 is 0 Å². The van der Waals surface area contributed by atoms with Crippen molar-refractivity contribution in [3.8, 4) is 0 Å². The number of methoxy groups -OCH3 is 1. The molecule has 3 N–H and O–H groups in total. The van der Waals surface area contributed by atoms with Crippen LogP contribution in [0.5, 0.6) is 0 Å². The molecule has 18 heavy (non-hydrogen) atoms. The van der Waals surface area contributed by atoms with Crippen molar-refractivity contribution in [1.29, 1.82) is 0 Å². The number of carbonyl (C=O) groups is 2. The van der Waals surface area contributed by atoms with Gasteiger partial charge in [-0.25, -0.2) is 0 Å². The predicted octanol–water partition coefficient (Wildman–Crippen LogP) is 1.08. The van der Waals surface area contributed by atoms with Crippen molar-refractivity contribution in [3.05, 3.63) is 22.8 Å². The van der Waals surface area contributed by atoms with Crippen molar-refractivity contribution in [2.24, 2.45) is 5.73 Å². The molecule has 0 aromatic heterocycles. The molecule has 0 aliphatic carbocycles. The second-order valence-electron chi connectivity index (χ2n) is 3.62. The first-order valence-corrected chi connectivity index (χ1v) is 5.88. The highest BCUT2D eigenvalue weighted by atomic mass is 35.5. The standard InChI is InChI=1S/C12H19ClN2O3/c1-4-9(5-8(2)13)10(6-12(17)18-3)15-11(16)7-14/h4-5,10H,6-7,14H2,1-3H3,(H,15,16)/b8-5+,9-4+/t10-/m0/s1. The quantitative estimate of drug-likeness (QED) is 0.561. The molecule has 0 saturated heterocycles. The lowest BCUT2D eigenvalue weighted by molar-refractivity contribution is -0.141. The zero-order valence-electron chi connectivity index (χ0n) is 10.8. The van der Waals surface area contributed by atoms with Crippen molar-refractivity contribution < 1.29 is 14.3 Å². The summed E-state index contributed by atoms with van der Waals surface area (Å²) in [5.74, 6) is -0.763. The Bertz CT molecular complexity index is 342. The maximum Gasteiger partial charge on any atom is 0.307 e. The molecule has 6 heteroatoms. The Hall–Kier alpha value is -1.33. The summed E-state index contributed by atoms with van der Waals surface area (Å²) < 4.78 is 4.59. The second kappa shape index (κ2) is 8.72. The summed E-state index contributed by atoms with van der Waals surface area (Å²) in [6.07, 6.45) is 3.49. The minimum absolute atomic E-state index is 0.0303. The molecule has 0 bridgehead atoms. The molecule has 0 unspecified atom stereocenters. The van der Waals surface area contributed by atoms with Gasteiger partial charge in [0.25, 0.3) is 0 Å². The number of ether oxygens (including phenoxy) is 1. The lowest BCUT2D eigenvalue weighted by Gasteiger charge is -2.18. The number of nitrogens with one attached hydrogen (secondary N) is 1. The van der Waals surface area contributed by atoms with Crippen LogP contribution in [0.3, 0.4) is 0 Å². The normalized spacial score (nSPS) is 14.1. The summed E-state index contributed by atoms with van der Waals surface area (Å²) >= 11 is 5.80. The average Bonchev–Trinajstić information content (AvgIpc) is 2.34. The van der Waals surface area contributed by atoms with Gasteiger partial charge in [0.2, 0.25) is 5.91 Å². The van der Waals surface area contributed by atoms with Gasteiger partial charge in [0.05, 0.1) is 26.1 Å². The van der Waals surface area contributed by atoms with Gasteiger partial charge in [0.1, 0.15) is 0 Å². The Morgan fingerprint density at radius 3 is 2.50 bits per heavy atom. The van der Waals surface area contributed by atoms with Crippen molar-refractivity contribution in [1.82, 2.24) is 5.32 Å². The van der Waals surface area contributed by atoms with Crippen LogP contribution in [0, 0.1) is 0 Å². The van der Waals surface area contributed by atoms with Crippen molar-refractivity contribution in [2.45, 2.75) is 26.3 Å². The van der Waals surface area contributed by atoms with Gasteiger partial charge >= 0.3 is 5.97 Å². The molecule has 1 atom stereocenters. The van der Waals surface area contributed by atoms with Gasteiger partial charge in [0.15, 0.2) is 0 Å². The lowest BCUT2D eigenvalue weighted by atomic mass is 10.0. The molecule has 0 saturated carbocycles. The van der Waals surface area contributed by atoms with Crippen LogP contribution < -0.4 is 11.1 Å². The number of amides is 1. The maximum atomic E-state index is 11.3. The van der Waals surface area contributed by atoms with Gasteiger partial charge in [0, 0.05) is 5.03 Å². The fourth-order valence-electron chi connectivity index (χ4n) is 1.37. The summed E-state index contributed by atoms with van der Waals surface area (Å²) in [4.78, 5) is 22.6. The first-order valence-electron chi connectivity index (χ1n) is 5.50. The molecule has 0 heterocycles. The largest absolute Gasteiger partial charge is 0.469 e. The highest BCUT2D eigenvalue weighted by Crippen LogP contribution is 2.13. The number of halogens is 1. The molecular weight excluding hydrogens is 256 g/mol. The van der Waals surface area contributed by atoms with Gasteiger partial charge in [-0.1, -0.05) is 17.7 Å².